The fourth-order valence-corrected chi connectivity index (χ4v) is 0.965. The van der Waals surface area contributed by atoms with Gasteiger partial charge in [0.1, 0.15) is 0 Å². The topological polar surface area (TPSA) is 92.5 Å². The lowest BCUT2D eigenvalue weighted by Crippen LogP contribution is -2.39. The molecule has 0 saturated heterocycles. The van der Waals surface area contributed by atoms with Crippen molar-refractivity contribution in [2.24, 2.45) is 5.14 Å². The summed E-state index contributed by atoms with van der Waals surface area (Å²) in [4.78, 5) is 12.5. The lowest BCUT2D eigenvalue weighted by Gasteiger charge is -2.14. The van der Waals surface area contributed by atoms with Crippen LogP contribution >= 0.6 is 0 Å². The van der Waals surface area contributed by atoms with Crippen LogP contribution in [-0.4, -0.2) is 45.2 Å². The number of sulfonamides is 1. The minimum Gasteiger partial charge on any atom is -0.337 e. The fraction of sp³-hybridized carbons (Fsp3) is 0.833. The summed E-state index contributed by atoms with van der Waals surface area (Å²) in [5.74, 6) is -0.240. The number of rotatable bonds is 4. The molecule has 0 unspecified atom stereocenters. The van der Waals surface area contributed by atoms with E-state index in [1.54, 1.807) is 7.05 Å². The monoisotopic (exact) mass is 209 g/mol. The first-order valence-corrected chi connectivity index (χ1v) is 5.57. The summed E-state index contributed by atoms with van der Waals surface area (Å²) in [7, 11) is -1.87. The Morgan fingerprint density at radius 3 is 2.46 bits per heavy atom. The second-order valence-electron chi connectivity index (χ2n) is 2.61. The van der Waals surface area contributed by atoms with Crippen LogP contribution in [-0.2, 0) is 10.0 Å². The average Bonchev–Trinajstić information content (AvgIpc) is 2.00. The highest BCUT2D eigenvalue weighted by Crippen LogP contribution is 1.82. The highest BCUT2D eigenvalue weighted by atomic mass is 32.2. The van der Waals surface area contributed by atoms with E-state index in [4.69, 9.17) is 5.14 Å². The summed E-state index contributed by atoms with van der Waals surface area (Å²) >= 11 is 0. The first-order valence-electron chi connectivity index (χ1n) is 3.86. The van der Waals surface area contributed by atoms with Gasteiger partial charge in [0.05, 0.1) is 5.75 Å². The SMILES string of the molecule is CCN(C)C(=O)NCCS(N)(=O)=O. The molecule has 0 rings (SSSR count). The van der Waals surface area contributed by atoms with Gasteiger partial charge in [-0.3, -0.25) is 0 Å². The molecule has 2 amide bonds. The molecule has 0 spiro atoms. The molecule has 0 aliphatic rings. The third-order valence-corrected chi connectivity index (χ3v) is 2.26. The molecule has 0 aliphatic carbocycles. The van der Waals surface area contributed by atoms with E-state index in [0.29, 0.717) is 6.54 Å². The number of hydrogen-bond acceptors (Lipinski definition) is 3. The number of nitrogens with one attached hydrogen (secondary N) is 1. The maximum atomic E-state index is 11.0. The first-order chi connectivity index (χ1) is 5.87. The molecular formula is C6H15N3O3S. The number of hydrogen-bond donors (Lipinski definition) is 2. The summed E-state index contributed by atoms with van der Waals surface area (Å²) in [6.07, 6.45) is 0. The maximum absolute atomic E-state index is 11.0. The van der Waals surface area contributed by atoms with Gasteiger partial charge in [0, 0.05) is 20.1 Å². The Balaban J connectivity index is 3.72. The van der Waals surface area contributed by atoms with Crippen molar-refractivity contribution in [3.05, 3.63) is 0 Å². The average molecular weight is 209 g/mol. The number of carbonyl (C=O) groups excluding carboxylic acids is 1. The molecule has 0 saturated carbocycles. The number of nitrogens with zero attached hydrogens (tertiary/aromatic N) is 1. The molecule has 78 valence electrons. The Morgan fingerprint density at radius 1 is 1.54 bits per heavy atom. The highest BCUT2D eigenvalue weighted by Gasteiger charge is 2.07. The van der Waals surface area contributed by atoms with E-state index >= 15 is 0 Å². The minimum absolute atomic E-state index is 0.0437. The van der Waals surface area contributed by atoms with Crippen molar-refractivity contribution in [1.82, 2.24) is 10.2 Å². The largest absolute Gasteiger partial charge is 0.337 e. The van der Waals surface area contributed by atoms with Crippen LogP contribution in [0.3, 0.4) is 0 Å². The van der Waals surface area contributed by atoms with E-state index in [-0.39, 0.29) is 18.3 Å². The Bertz CT molecular complexity index is 262. The third kappa shape index (κ3) is 6.35. The van der Waals surface area contributed by atoms with E-state index < -0.39 is 10.0 Å². The molecule has 0 atom stereocenters. The molecule has 0 radical (unpaired) electrons. The van der Waals surface area contributed by atoms with Crippen molar-refractivity contribution in [3.63, 3.8) is 0 Å². The summed E-state index contributed by atoms with van der Waals surface area (Å²) in [5, 5.41) is 7.16. The number of primary sulfonamides is 1. The quantitative estimate of drug-likeness (QED) is 0.618. The Morgan fingerprint density at radius 2 is 2.08 bits per heavy atom. The highest BCUT2D eigenvalue weighted by molar-refractivity contribution is 7.89. The van der Waals surface area contributed by atoms with Crippen LogP contribution in [0.15, 0.2) is 0 Å². The normalized spacial score (nSPS) is 11.0. The molecule has 0 aromatic heterocycles. The van der Waals surface area contributed by atoms with E-state index in [1.165, 1.54) is 4.90 Å². The van der Waals surface area contributed by atoms with Gasteiger partial charge in [-0.25, -0.2) is 18.4 Å². The number of urea groups is 1. The van der Waals surface area contributed by atoms with Crippen molar-refractivity contribution >= 4 is 16.1 Å². The van der Waals surface area contributed by atoms with Crippen molar-refractivity contribution in [1.29, 1.82) is 0 Å². The van der Waals surface area contributed by atoms with E-state index in [0.717, 1.165) is 0 Å². The predicted molar refractivity (Wildman–Crippen MR) is 49.7 cm³/mol. The number of amides is 2. The number of carbonyl (C=O) groups is 1. The van der Waals surface area contributed by atoms with Crippen LogP contribution in [0.4, 0.5) is 4.79 Å². The molecule has 13 heavy (non-hydrogen) atoms. The van der Waals surface area contributed by atoms with E-state index in [2.05, 4.69) is 5.32 Å². The van der Waals surface area contributed by atoms with Gasteiger partial charge in [-0.1, -0.05) is 0 Å². The minimum atomic E-state index is -3.49. The summed E-state index contributed by atoms with van der Waals surface area (Å²) < 4.78 is 20.9. The van der Waals surface area contributed by atoms with Gasteiger partial charge in [0.2, 0.25) is 10.0 Å². The Hall–Kier alpha value is -0.820. The van der Waals surface area contributed by atoms with Gasteiger partial charge in [0.25, 0.3) is 0 Å². The number of nitrogens with two attached hydrogens (primary N) is 1. The molecule has 0 heterocycles. The molecule has 0 aromatic rings. The van der Waals surface area contributed by atoms with Crippen LogP contribution in [0.25, 0.3) is 0 Å². The zero-order chi connectivity index (χ0) is 10.5. The van der Waals surface area contributed by atoms with Crippen LogP contribution in [0.5, 0.6) is 0 Å². The van der Waals surface area contributed by atoms with Gasteiger partial charge >= 0.3 is 6.03 Å². The standard InChI is InChI=1S/C6H15N3O3S/c1-3-9(2)6(10)8-4-5-13(7,11)12/h3-5H2,1-2H3,(H,8,10)(H2,7,11,12). The van der Waals surface area contributed by atoms with Crippen molar-refractivity contribution in [2.75, 3.05) is 25.9 Å². The molecule has 0 aliphatic heterocycles. The molecular weight excluding hydrogens is 194 g/mol. The second-order valence-corrected chi connectivity index (χ2v) is 4.35. The van der Waals surface area contributed by atoms with Crippen LogP contribution in [0.2, 0.25) is 0 Å². The summed E-state index contributed by atoms with van der Waals surface area (Å²) in [6, 6.07) is -0.300. The van der Waals surface area contributed by atoms with Gasteiger partial charge < -0.3 is 10.2 Å². The molecule has 0 fully saturated rings. The lowest BCUT2D eigenvalue weighted by atomic mass is 10.6. The van der Waals surface area contributed by atoms with Crippen molar-refractivity contribution < 1.29 is 13.2 Å². The lowest BCUT2D eigenvalue weighted by molar-refractivity contribution is 0.212. The predicted octanol–water partition coefficient (Wildman–Crippen LogP) is -1.06. The Kier molecular flexibility index (Phi) is 4.71. The summed E-state index contributed by atoms with van der Waals surface area (Å²) in [6.45, 7) is 2.43. The van der Waals surface area contributed by atoms with Crippen molar-refractivity contribution in [2.45, 2.75) is 6.92 Å². The van der Waals surface area contributed by atoms with Crippen LogP contribution in [0.1, 0.15) is 6.92 Å². The molecule has 7 heteroatoms. The maximum Gasteiger partial charge on any atom is 0.317 e. The first kappa shape index (κ1) is 12.2. The molecule has 0 bridgehead atoms. The van der Waals surface area contributed by atoms with E-state index in [1.807, 2.05) is 6.92 Å². The Labute approximate surface area is 78.1 Å². The molecule has 3 N–H and O–H groups in total. The second kappa shape index (κ2) is 5.03. The van der Waals surface area contributed by atoms with Gasteiger partial charge in [0.15, 0.2) is 0 Å². The summed E-state index contributed by atoms with van der Waals surface area (Å²) in [5.41, 5.74) is 0. The van der Waals surface area contributed by atoms with Crippen molar-refractivity contribution in [3.8, 4) is 0 Å². The van der Waals surface area contributed by atoms with Gasteiger partial charge in [-0.15, -0.1) is 0 Å². The van der Waals surface area contributed by atoms with Gasteiger partial charge in [-0.05, 0) is 6.92 Å². The fourth-order valence-electron chi connectivity index (χ4n) is 0.579. The third-order valence-electron chi connectivity index (χ3n) is 1.48. The molecule has 6 nitrogen and oxygen atoms in total. The van der Waals surface area contributed by atoms with Crippen LogP contribution in [0, 0.1) is 0 Å². The molecule has 0 aromatic carbocycles. The zero-order valence-corrected chi connectivity index (χ0v) is 8.60. The van der Waals surface area contributed by atoms with Gasteiger partial charge in [-0.2, -0.15) is 0 Å². The smallest absolute Gasteiger partial charge is 0.317 e. The zero-order valence-electron chi connectivity index (χ0n) is 7.78. The van der Waals surface area contributed by atoms with Crippen LogP contribution < -0.4 is 10.5 Å². The van der Waals surface area contributed by atoms with E-state index in [9.17, 15) is 13.2 Å².